The zero-order chi connectivity index (χ0) is 15.9. The van der Waals surface area contributed by atoms with Gasteiger partial charge in [-0.15, -0.1) is 0 Å². The highest BCUT2D eigenvalue weighted by Gasteiger charge is 2.20. The van der Waals surface area contributed by atoms with Gasteiger partial charge in [-0.2, -0.15) is 0 Å². The third-order valence-electron chi connectivity index (χ3n) is 2.84. The average Bonchev–Trinajstić information content (AvgIpc) is 2.42. The second-order valence-electron chi connectivity index (χ2n) is 4.76. The van der Waals surface area contributed by atoms with E-state index in [2.05, 4.69) is 16.6 Å². The first-order chi connectivity index (χ1) is 9.90. The number of aryl methyl sites for hydroxylation is 1. The Balaban J connectivity index is 3.07. The number of sulfonamides is 1. The fourth-order valence-corrected chi connectivity index (χ4v) is 3.21. The Kier molecular flexibility index (Phi) is 6.85. The van der Waals surface area contributed by atoms with Crippen molar-refractivity contribution >= 4 is 10.0 Å². The number of hydrogen-bond acceptors (Lipinski definition) is 4. The van der Waals surface area contributed by atoms with Crippen molar-refractivity contribution in [3.05, 3.63) is 29.3 Å². The van der Waals surface area contributed by atoms with Gasteiger partial charge in [-0.3, -0.25) is 0 Å². The van der Waals surface area contributed by atoms with Crippen LogP contribution in [0.3, 0.4) is 0 Å². The minimum atomic E-state index is -3.66. The molecule has 0 aliphatic rings. The highest BCUT2D eigenvalue weighted by atomic mass is 32.2. The summed E-state index contributed by atoms with van der Waals surface area (Å²) in [6.07, 6.45) is 0.583. The molecule has 1 aromatic rings. The Hall–Kier alpha value is -1.39. The molecule has 1 rings (SSSR count). The summed E-state index contributed by atoms with van der Waals surface area (Å²) in [5, 5.41) is 8.78. The fraction of sp³-hybridized carbons (Fsp3) is 0.467. The van der Waals surface area contributed by atoms with Crippen LogP contribution in [0, 0.1) is 18.8 Å². The van der Waals surface area contributed by atoms with E-state index in [1.165, 1.54) is 6.07 Å². The molecule has 1 aromatic carbocycles. The maximum atomic E-state index is 12.4. The number of benzene rings is 1. The zero-order valence-corrected chi connectivity index (χ0v) is 13.3. The summed E-state index contributed by atoms with van der Waals surface area (Å²) in [4.78, 5) is 0.123. The Labute approximate surface area is 126 Å². The summed E-state index contributed by atoms with van der Waals surface area (Å²) in [6.45, 7) is 3.80. The van der Waals surface area contributed by atoms with Crippen molar-refractivity contribution < 1.29 is 18.3 Å². The van der Waals surface area contributed by atoms with Crippen LogP contribution in [0.2, 0.25) is 0 Å². The highest BCUT2D eigenvalue weighted by molar-refractivity contribution is 7.89. The first-order valence-corrected chi connectivity index (χ1v) is 8.10. The normalized spacial score (nSPS) is 12.6. The summed E-state index contributed by atoms with van der Waals surface area (Å²) < 4.78 is 32.4. The van der Waals surface area contributed by atoms with Crippen LogP contribution in [0.5, 0.6) is 0 Å². The molecule has 0 saturated carbocycles. The number of methoxy groups -OCH3 is 1. The highest BCUT2D eigenvalue weighted by Crippen LogP contribution is 2.17. The van der Waals surface area contributed by atoms with E-state index in [1.807, 2.05) is 6.92 Å². The van der Waals surface area contributed by atoms with Crippen molar-refractivity contribution in [3.8, 4) is 11.8 Å². The largest absolute Gasteiger partial charge is 0.385 e. The molecule has 0 spiro atoms. The third-order valence-corrected chi connectivity index (χ3v) is 4.49. The minimum Gasteiger partial charge on any atom is -0.385 e. The van der Waals surface area contributed by atoms with Crippen molar-refractivity contribution in [1.29, 1.82) is 0 Å². The lowest BCUT2D eigenvalue weighted by Crippen LogP contribution is -2.33. The number of nitrogens with one attached hydrogen (secondary N) is 1. The summed E-state index contributed by atoms with van der Waals surface area (Å²) in [5.41, 5.74) is 1.29. The molecule has 0 saturated heterocycles. The SMILES string of the molecule is COCCC(C)NS(=O)(=O)c1ccc(C)cc1C#CCO. The monoisotopic (exact) mass is 311 g/mol. The van der Waals surface area contributed by atoms with Crippen LogP contribution in [0.25, 0.3) is 0 Å². The van der Waals surface area contributed by atoms with Crippen molar-refractivity contribution in [2.75, 3.05) is 20.3 Å². The molecule has 0 aliphatic carbocycles. The van der Waals surface area contributed by atoms with Gasteiger partial charge >= 0.3 is 0 Å². The van der Waals surface area contributed by atoms with Gasteiger partial charge in [0.25, 0.3) is 0 Å². The Bertz CT molecular complexity index is 629. The van der Waals surface area contributed by atoms with E-state index < -0.39 is 10.0 Å². The first-order valence-electron chi connectivity index (χ1n) is 6.62. The molecular formula is C15H21NO4S. The van der Waals surface area contributed by atoms with Gasteiger partial charge in [0.05, 0.1) is 4.90 Å². The third kappa shape index (κ3) is 5.48. The van der Waals surface area contributed by atoms with Crippen LogP contribution in [-0.4, -0.2) is 39.9 Å². The van der Waals surface area contributed by atoms with Crippen LogP contribution in [0.1, 0.15) is 24.5 Å². The average molecular weight is 311 g/mol. The molecule has 6 heteroatoms. The van der Waals surface area contributed by atoms with Crippen molar-refractivity contribution in [3.63, 3.8) is 0 Å². The molecule has 0 aliphatic heterocycles. The van der Waals surface area contributed by atoms with Crippen molar-refractivity contribution in [2.45, 2.75) is 31.2 Å². The lowest BCUT2D eigenvalue weighted by Gasteiger charge is -2.15. The molecule has 5 nitrogen and oxygen atoms in total. The van der Waals surface area contributed by atoms with Crippen molar-refractivity contribution in [2.24, 2.45) is 0 Å². The summed E-state index contributed by atoms with van der Waals surface area (Å²) in [5.74, 6) is 5.17. The lowest BCUT2D eigenvalue weighted by atomic mass is 10.1. The molecule has 0 amide bonds. The molecule has 0 aromatic heterocycles. The molecule has 1 atom stereocenters. The smallest absolute Gasteiger partial charge is 0.242 e. The van der Waals surface area contributed by atoms with Gasteiger partial charge in [0, 0.05) is 25.3 Å². The molecule has 0 bridgehead atoms. The molecule has 116 valence electrons. The van der Waals surface area contributed by atoms with Gasteiger partial charge in [0.15, 0.2) is 0 Å². The predicted octanol–water partition coefficient (Wildman–Crippen LogP) is 1.04. The molecule has 0 heterocycles. The standard InChI is InChI=1S/C15H21NO4S/c1-12-6-7-15(14(11-12)5-4-9-17)21(18,19)16-13(2)8-10-20-3/h6-7,11,13,16-17H,8-10H2,1-3H3. The van der Waals surface area contributed by atoms with Crippen LogP contribution in [0.15, 0.2) is 23.1 Å². The van der Waals surface area contributed by atoms with E-state index in [0.717, 1.165) is 5.56 Å². The molecule has 2 N–H and O–H groups in total. The molecule has 21 heavy (non-hydrogen) atoms. The number of aliphatic hydroxyl groups excluding tert-OH is 1. The van der Waals surface area contributed by atoms with Crippen LogP contribution < -0.4 is 4.72 Å². The van der Waals surface area contributed by atoms with E-state index in [0.29, 0.717) is 18.6 Å². The van der Waals surface area contributed by atoms with Gasteiger partial charge < -0.3 is 9.84 Å². The lowest BCUT2D eigenvalue weighted by molar-refractivity contribution is 0.188. The molecule has 0 fully saturated rings. The van der Waals surface area contributed by atoms with Gasteiger partial charge in [0.2, 0.25) is 10.0 Å². The van der Waals surface area contributed by atoms with E-state index in [-0.39, 0.29) is 17.5 Å². The predicted molar refractivity (Wildman–Crippen MR) is 81.4 cm³/mol. The Morgan fingerprint density at radius 2 is 2.14 bits per heavy atom. The second kappa shape index (κ2) is 8.15. The first kappa shape index (κ1) is 17.7. The van der Waals surface area contributed by atoms with Gasteiger partial charge in [-0.25, -0.2) is 13.1 Å². The maximum Gasteiger partial charge on any atom is 0.242 e. The molecular weight excluding hydrogens is 290 g/mol. The van der Waals surface area contributed by atoms with E-state index >= 15 is 0 Å². The summed E-state index contributed by atoms with van der Waals surface area (Å²) in [7, 11) is -2.08. The molecule has 0 radical (unpaired) electrons. The number of hydrogen-bond donors (Lipinski definition) is 2. The summed E-state index contributed by atoms with van der Waals surface area (Å²) in [6, 6.07) is 4.70. The Morgan fingerprint density at radius 1 is 1.43 bits per heavy atom. The van der Waals surface area contributed by atoms with Crippen molar-refractivity contribution in [1.82, 2.24) is 4.72 Å². The maximum absolute atomic E-state index is 12.4. The van der Waals surface area contributed by atoms with Crippen LogP contribution >= 0.6 is 0 Å². The van der Waals surface area contributed by atoms with Crippen LogP contribution in [0.4, 0.5) is 0 Å². The number of ether oxygens (including phenoxy) is 1. The van der Waals surface area contributed by atoms with E-state index in [4.69, 9.17) is 9.84 Å². The quantitative estimate of drug-likeness (QED) is 0.770. The number of rotatable bonds is 6. The second-order valence-corrected chi connectivity index (χ2v) is 6.45. The Morgan fingerprint density at radius 3 is 2.76 bits per heavy atom. The molecule has 1 unspecified atom stereocenters. The zero-order valence-electron chi connectivity index (χ0n) is 12.5. The number of aliphatic hydroxyl groups is 1. The topological polar surface area (TPSA) is 75.6 Å². The van der Waals surface area contributed by atoms with E-state index in [1.54, 1.807) is 26.2 Å². The van der Waals surface area contributed by atoms with Gasteiger partial charge in [-0.05, 0) is 38.0 Å². The van der Waals surface area contributed by atoms with E-state index in [9.17, 15) is 8.42 Å². The fourth-order valence-electron chi connectivity index (χ4n) is 1.79. The van der Waals surface area contributed by atoms with Crippen LogP contribution in [-0.2, 0) is 14.8 Å². The minimum absolute atomic E-state index is 0.123. The summed E-state index contributed by atoms with van der Waals surface area (Å²) >= 11 is 0. The van der Waals surface area contributed by atoms with Gasteiger partial charge in [-0.1, -0.05) is 17.9 Å². The van der Waals surface area contributed by atoms with Gasteiger partial charge in [0.1, 0.15) is 6.61 Å².